The van der Waals surface area contributed by atoms with Crippen molar-refractivity contribution in [2.24, 2.45) is 5.73 Å². The molecule has 0 unspecified atom stereocenters. The topological polar surface area (TPSA) is 140 Å². The lowest BCUT2D eigenvalue weighted by Crippen LogP contribution is -2.47. The van der Waals surface area contributed by atoms with E-state index in [9.17, 15) is 13.2 Å². The van der Waals surface area contributed by atoms with E-state index in [1.807, 2.05) is 36.4 Å². The highest BCUT2D eigenvalue weighted by molar-refractivity contribution is 7.90. The van der Waals surface area contributed by atoms with Gasteiger partial charge in [-0.2, -0.15) is 0 Å². The number of carbonyl (C=O) groups excluding carboxylic acids is 1. The summed E-state index contributed by atoms with van der Waals surface area (Å²) in [7, 11) is -3.45. The van der Waals surface area contributed by atoms with E-state index >= 15 is 0 Å². The molecular weight excluding hydrogens is 576 g/mol. The summed E-state index contributed by atoms with van der Waals surface area (Å²) in [5.74, 6) is 0.523. The first-order chi connectivity index (χ1) is 21.1. The Balaban J connectivity index is 1.29. The lowest BCUT2D eigenvalue weighted by molar-refractivity contribution is -0.0210. The zero-order valence-corrected chi connectivity index (χ0v) is 26.3. The molecule has 1 amide bonds. The first-order valence-corrected chi connectivity index (χ1v) is 16.9. The number of morpholine rings is 1. The number of hydrogen-bond acceptors (Lipinski definition) is 9. The molecule has 4 heterocycles. The zero-order chi connectivity index (χ0) is 31.3. The number of anilines is 1. The van der Waals surface area contributed by atoms with Crippen LogP contribution >= 0.6 is 0 Å². The number of rotatable bonds is 11. The van der Waals surface area contributed by atoms with Crippen molar-refractivity contribution < 1.29 is 17.9 Å². The number of aromatic nitrogens is 3. The summed E-state index contributed by atoms with van der Waals surface area (Å²) in [5.41, 5.74) is 9.40. The fraction of sp³-hybridized carbons (Fsp3) is 0.394. The van der Waals surface area contributed by atoms with Crippen molar-refractivity contribution in [2.45, 2.75) is 63.2 Å². The molecule has 2 atom stereocenters. The van der Waals surface area contributed by atoms with Gasteiger partial charge in [0.25, 0.3) is 5.91 Å². The Morgan fingerprint density at radius 2 is 1.86 bits per heavy atom. The number of benzene rings is 1. The molecule has 232 valence electrons. The molecule has 0 aliphatic carbocycles. The minimum Gasteiger partial charge on any atom is -0.372 e. The minimum atomic E-state index is -3.45. The van der Waals surface area contributed by atoms with Crippen molar-refractivity contribution in [3.63, 3.8) is 0 Å². The smallest absolute Gasteiger partial charge is 0.251 e. The van der Waals surface area contributed by atoms with Crippen LogP contribution in [0, 0.1) is 6.92 Å². The molecule has 44 heavy (non-hydrogen) atoms. The Kier molecular flexibility index (Phi) is 9.87. The number of fused-ring (bicyclic) bond motifs is 1. The van der Waals surface area contributed by atoms with Gasteiger partial charge in [-0.3, -0.25) is 9.78 Å². The second kappa shape index (κ2) is 13.8. The Morgan fingerprint density at radius 1 is 1.05 bits per heavy atom. The van der Waals surface area contributed by atoms with E-state index in [-0.39, 0.29) is 35.1 Å². The van der Waals surface area contributed by atoms with E-state index in [2.05, 4.69) is 22.1 Å². The number of aryl methyl sites for hydroxylation is 1. The number of hydrogen-bond donors (Lipinski definition) is 2. The van der Waals surface area contributed by atoms with Gasteiger partial charge < -0.3 is 20.7 Å². The molecule has 1 aromatic carbocycles. The maximum atomic E-state index is 12.8. The summed E-state index contributed by atoms with van der Waals surface area (Å²) in [6.07, 6.45) is 7.43. The number of nitrogens with zero attached hydrogens (tertiary/aromatic N) is 4. The predicted molar refractivity (Wildman–Crippen MR) is 172 cm³/mol. The Morgan fingerprint density at radius 3 is 2.66 bits per heavy atom. The maximum Gasteiger partial charge on any atom is 0.251 e. The third kappa shape index (κ3) is 7.77. The second-order valence-electron chi connectivity index (χ2n) is 11.5. The van der Waals surface area contributed by atoms with Gasteiger partial charge in [0.2, 0.25) is 0 Å². The van der Waals surface area contributed by atoms with E-state index in [1.54, 1.807) is 25.3 Å². The SMILES string of the molecule is Cc1ccc(C(=O)NCc2cc3nc(-c4cccc(N5C[C@H](CCCCCN)O[C@H](C)C5)n4)ccc3cn2)cc1S(C)(=O)=O. The number of unbranched alkanes of at least 4 members (excludes halogenated alkanes) is 2. The molecular formula is C33H40N6O4S. The van der Waals surface area contributed by atoms with E-state index in [4.69, 9.17) is 20.4 Å². The summed E-state index contributed by atoms with van der Waals surface area (Å²) in [5, 5.41) is 3.71. The number of amides is 1. The van der Waals surface area contributed by atoms with Gasteiger partial charge in [0.1, 0.15) is 5.82 Å². The Bertz CT molecular complexity index is 1750. The molecule has 3 N–H and O–H groups in total. The molecule has 3 aromatic heterocycles. The van der Waals surface area contributed by atoms with Crippen LogP contribution in [-0.4, -0.2) is 67.4 Å². The first-order valence-electron chi connectivity index (χ1n) is 15.0. The minimum absolute atomic E-state index is 0.117. The molecule has 1 fully saturated rings. The molecule has 0 radical (unpaired) electrons. The van der Waals surface area contributed by atoms with Gasteiger partial charge >= 0.3 is 0 Å². The van der Waals surface area contributed by atoms with Gasteiger partial charge in [-0.05, 0) is 81.3 Å². The third-order valence-corrected chi connectivity index (χ3v) is 9.03. The van der Waals surface area contributed by atoms with Crippen molar-refractivity contribution in [1.82, 2.24) is 20.3 Å². The number of carbonyl (C=O) groups is 1. The number of ether oxygens (including phenoxy) is 1. The average molecular weight is 617 g/mol. The summed E-state index contributed by atoms with van der Waals surface area (Å²) in [6, 6.07) is 16.4. The molecule has 0 saturated carbocycles. The first kappa shape index (κ1) is 31.5. The molecule has 1 saturated heterocycles. The normalized spacial score (nSPS) is 17.1. The zero-order valence-electron chi connectivity index (χ0n) is 25.5. The van der Waals surface area contributed by atoms with E-state index in [1.165, 1.54) is 6.07 Å². The van der Waals surface area contributed by atoms with Gasteiger partial charge in [-0.25, -0.2) is 18.4 Å². The van der Waals surface area contributed by atoms with Gasteiger partial charge in [0.15, 0.2) is 9.84 Å². The summed E-state index contributed by atoms with van der Waals surface area (Å²) < 4.78 is 30.4. The van der Waals surface area contributed by atoms with Crippen LogP contribution in [0.3, 0.4) is 0 Å². The molecule has 11 heteroatoms. The fourth-order valence-corrected chi connectivity index (χ4v) is 6.53. The maximum absolute atomic E-state index is 12.8. The van der Waals surface area contributed by atoms with Gasteiger partial charge in [0, 0.05) is 36.5 Å². The van der Waals surface area contributed by atoms with Crippen molar-refractivity contribution in [1.29, 1.82) is 0 Å². The van der Waals surface area contributed by atoms with Gasteiger partial charge in [-0.1, -0.05) is 25.0 Å². The molecule has 1 aliphatic heterocycles. The quantitative estimate of drug-likeness (QED) is 0.234. The Hall–Kier alpha value is -3.93. The number of nitrogens with two attached hydrogens (primary N) is 1. The summed E-state index contributed by atoms with van der Waals surface area (Å²) in [4.78, 5) is 29.6. The number of nitrogens with one attached hydrogen (secondary N) is 1. The molecule has 10 nitrogen and oxygen atoms in total. The van der Waals surface area contributed by atoms with Gasteiger partial charge in [0.05, 0.1) is 46.2 Å². The van der Waals surface area contributed by atoms with Crippen LogP contribution in [0.15, 0.2) is 65.7 Å². The highest BCUT2D eigenvalue weighted by Crippen LogP contribution is 2.25. The van der Waals surface area contributed by atoms with Crippen LogP contribution in [0.5, 0.6) is 0 Å². The average Bonchev–Trinajstić information content (AvgIpc) is 3.01. The monoisotopic (exact) mass is 616 g/mol. The van der Waals surface area contributed by atoms with Crippen LogP contribution in [0.1, 0.15) is 54.2 Å². The lowest BCUT2D eigenvalue weighted by Gasteiger charge is -2.37. The third-order valence-electron chi connectivity index (χ3n) is 7.79. The largest absolute Gasteiger partial charge is 0.372 e. The molecule has 0 bridgehead atoms. The molecule has 0 spiro atoms. The highest BCUT2D eigenvalue weighted by atomic mass is 32.2. The fourth-order valence-electron chi connectivity index (χ4n) is 5.54. The van der Waals surface area contributed by atoms with E-state index < -0.39 is 9.84 Å². The van der Waals surface area contributed by atoms with Crippen molar-refractivity contribution in [3.05, 3.63) is 77.6 Å². The summed E-state index contributed by atoms with van der Waals surface area (Å²) >= 11 is 0. The van der Waals surface area contributed by atoms with Crippen molar-refractivity contribution >= 4 is 32.5 Å². The van der Waals surface area contributed by atoms with Crippen LogP contribution in [-0.2, 0) is 21.1 Å². The second-order valence-corrected chi connectivity index (χ2v) is 13.5. The van der Waals surface area contributed by atoms with Crippen LogP contribution in [0.2, 0.25) is 0 Å². The van der Waals surface area contributed by atoms with E-state index in [0.717, 1.165) is 79.7 Å². The standard InChI is InChI=1S/C33H40N6O4S/c1-22-11-12-24(16-31(22)44(3,41)42)33(40)36-19-26-17-30-25(18-35-26)13-14-29(37-30)28-9-7-10-32(38-28)39-20-23(2)43-27(21-39)8-5-4-6-15-34/h7,9-14,16-18,23,27H,4-6,8,15,19-21,34H2,1-3H3,(H,36,40)/t23-,27+/m1/s1. The predicted octanol–water partition coefficient (Wildman–Crippen LogP) is 4.45. The molecule has 5 rings (SSSR count). The lowest BCUT2D eigenvalue weighted by atomic mass is 10.1. The molecule has 1 aliphatic rings. The van der Waals surface area contributed by atoms with Crippen molar-refractivity contribution in [3.8, 4) is 11.4 Å². The van der Waals surface area contributed by atoms with Crippen LogP contribution in [0.25, 0.3) is 22.3 Å². The van der Waals surface area contributed by atoms with E-state index in [0.29, 0.717) is 11.3 Å². The highest BCUT2D eigenvalue weighted by Gasteiger charge is 2.26. The van der Waals surface area contributed by atoms with Crippen LogP contribution < -0.4 is 16.0 Å². The van der Waals surface area contributed by atoms with Crippen molar-refractivity contribution in [2.75, 3.05) is 30.8 Å². The molecule has 4 aromatic rings. The number of sulfone groups is 1. The van der Waals surface area contributed by atoms with Crippen LogP contribution in [0.4, 0.5) is 5.82 Å². The van der Waals surface area contributed by atoms with Gasteiger partial charge in [-0.15, -0.1) is 0 Å². The number of pyridine rings is 3. The summed E-state index contributed by atoms with van der Waals surface area (Å²) in [6.45, 7) is 6.28. The Labute approximate surface area is 259 Å².